The number of anilines is 1. The van der Waals surface area contributed by atoms with Crippen molar-refractivity contribution in [2.75, 3.05) is 11.9 Å². The highest BCUT2D eigenvalue weighted by atomic mass is 35.5. The first-order valence-corrected chi connectivity index (χ1v) is 6.49. The molecule has 2 aromatic rings. The van der Waals surface area contributed by atoms with Crippen molar-refractivity contribution in [3.63, 3.8) is 0 Å². The zero-order chi connectivity index (χ0) is 11.5. The van der Waals surface area contributed by atoms with E-state index >= 15 is 0 Å². The van der Waals surface area contributed by atoms with Gasteiger partial charge in [-0.15, -0.1) is 11.3 Å². The monoisotopic (exact) mass is 272 g/mol. The number of nitrogens with zero attached hydrogens (tertiary/aromatic N) is 1. The maximum atomic E-state index is 5.96. The van der Waals surface area contributed by atoms with E-state index < -0.39 is 0 Å². The fourth-order valence-corrected chi connectivity index (χ4v) is 2.38. The van der Waals surface area contributed by atoms with Gasteiger partial charge < -0.3 is 5.32 Å². The van der Waals surface area contributed by atoms with E-state index in [1.807, 2.05) is 24.4 Å². The molecule has 2 nitrogen and oxygen atoms in total. The van der Waals surface area contributed by atoms with Crippen LogP contribution in [0.3, 0.4) is 0 Å². The maximum absolute atomic E-state index is 5.96. The third kappa shape index (κ3) is 2.48. The molecule has 0 saturated heterocycles. The summed E-state index contributed by atoms with van der Waals surface area (Å²) in [5.41, 5.74) is 1.90. The molecule has 0 aliphatic heterocycles. The lowest BCUT2D eigenvalue weighted by Gasteiger charge is -1.99. The number of hydrogen-bond donors (Lipinski definition) is 1. The van der Waals surface area contributed by atoms with Crippen molar-refractivity contribution in [3.8, 4) is 11.3 Å². The van der Waals surface area contributed by atoms with E-state index in [1.165, 1.54) is 0 Å². The van der Waals surface area contributed by atoms with Crippen LogP contribution in [0.5, 0.6) is 0 Å². The van der Waals surface area contributed by atoms with Crippen LogP contribution in [0.2, 0.25) is 10.0 Å². The van der Waals surface area contributed by atoms with Crippen LogP contribution in [0.25, 0.3) is 11.3 Å². The molecule has 0 bridgehead atoms. The topological polar surface area (TPSA) is 24.9 Å². The minimum absolute atomic E-state index is 0.553. The Balaban J connectivity index is 2.31. The highest BCUT2D eigenvalue weighted by molar-refractivity contribution is 7.14. The third-order valence-corrected chi connectivity index (χ3v) is 3.59. The molecule has 2 rings (SSSR count). The number of hydrogen-bond acceptors (Lipinski definition) is 3. The standard InChI is InChI=1S/C11H10Cl2N2S/c1-2-14-11-15-10(6-16-11)7-3-4-8(12)9(13)5-7/h3-6H,2H2,1H3,(H,14,15). The quantitative estimate of drug-likeness (QED) is 0.887. The normalized spacial score (nSPS) is 10.4. The minimum atomic E-state index is 0.553. The van der Waals surface area contributed by atoms with Crippen LogP contribution in [0.4, 0.5) is 5.13 Å². The second-order valence-corrected chi connectivity index (χ2v) is 4.87. The van der Waals surface area contributed by atoms with Crippen molar-refractivity contribution >= 4 is 39.7 Å². The zero-order valence-electron chi connectivity index (χ0n) is 8.63. The fraction of sp³-hybridized carbons (Fsp3) is 0.182. The Morgan fingerprint density at radius 2 is 2.12 bits per heavy atom. The predicted octanol–water partition coefficient (Wildman–Crippen LogP) is 4.55. The molecule has 0 fully saturated rings. The molecule has 1 aromatic carbocycles. The third-order valence-electron chi connectivity index (χ3n) is 2.05. The average Bonchev–Trinajstić information content (AvgIpc) is 2.71. The Kier molecular flexibility index (Phi) is 3.69. The summed E-state index contributed by atoms with van der Waals surface area (Å²) in [5.74, 6) is 0. The summed E-state index contributed by atoms with van der Waals surface area (Å²) in [6, 6.07) is 5.53. The van der Waals surface area contributed by atoms with Gasteiger partial charge in [0.05, 0.1) is 15.7 Å². The van der Waals surface area contributed by atoms with E-state index in [9.17, 15) is 0 Å². The summed E-state index contributed by atoms with van der Waals surface area (Å²) in [7, 11) is 0. The Hall–Kier alpha value is -0.770. The number of benzene rings is 1. The van der Waals surface area contributed by atoms with E-state index in [0.29, 0.717) is 10.0 Å². The van der Waals surface area contributed by atoms with Gasteiger partial charge in [-0.25, -0.2) is 4.98 Å². The molecule has 0 spiro atoms. The minimum Gasteiger partial charge on any atom is -0.362 e. The summed E-state index contributed by atoms with van der Waals surface area (Å²) in [6.45, 7) is 2.91. The summed E-state index contributed by atoms with van der Waals surface area (Å²) >= 11 is 13.4. The molecule has 0 amide bonds. The molecule has 0 aliphatic carbocycles. The Bertz CT molecular complexity index is 496. The van der Waals surface area contributed by atoms with Crippen LogP contribution in [-0.4, -0.2) is 11.5 Å². The first-order chi connectivity index (χ1) is 7.70. The van der Waals surface area contributed by atoms with Crippen LogP contribution < -0.4 is 5.32 Å². The highest BCUT2D eigenvalue weighted by Gasteiger charge is 2.06. The van der Waals surface area contributed by atoms with Crippen LogP contribution in [-0.2, 0) is 0 Å². The summed E-state index contributed by atoms with van der Waals surface area (Å²) in [6.07, 6.45) is 0. The predicted molar refractivity (Wildman–Crippen MR) is 71.7 cm³/mol. The van der Waals surface area contributed by atoms with Crippen molar-refractivity contribution in [2.24, 2.45) is 0 Å². The summed E-state index contributed by atoms with van der Waals surface area (Å²) in [4.78, 5) is 4.45. The highest BCUT2D eigenvalue weighted by Crippen LogP contribution is 2.30. The van der Waals surface area contributed by atoms with Gasteiger partial charge in [0.15, 0.2) is 5.13 Å². The van der Waals surface area contributed by atoms with Gasteiger partial charge in [-0.05, 0) is 19.1 Å². The number of nitrogens with one attached hydrogen (secondary N) is 1. The van der Waals surface area contributed by atoms with Crippen LogP contribution in [0.1, 0.15) is 6.92 Å². The Morgan fingerprint density at radius 3 is 2.81 bits per heavy atom. The molecule has 0 radical (unpaired) electrons. The molecule has 5 heteroatoms. The molecule has 0 aliphatic rings. The van der Waals surface area contributed by atoms with Gasteiger partial charge in [-0.1, -0.05) is 29.3 Å². The van der Waals surface area contributed by atoms with Gasteiger partial charge in [0.2, 0.25) is 0 Å². The van der Waals surface area contributed by atoms with Crippen molar-refractivity contribution in [2.45, 2.75) is 6.92 Å². The number of halogens is 2. The molecule has 16 heavy (non-hydrogen) atoms. The van der Waals surface area contributed by atoms with Crippen molar-refractivity contribution in [3.05, 3.63) is 33.6 Å². The van der Waals surface area contributed by atoms with Crippen LogP contribution in [0, 0.1) is 0 Å². The van der Waals surface area contributed by atoms with Crippen LogP contribution in [0.15, 0.2) is 23.6 Å². The average molecular weight is 273 g/mol. The SMILES string of the molecule is CCNc1nc(-c2ccc(Cl)c(Cl)c2)cs1. The first kappa shape index (κ1) is 11.7. The lowest BCUT2D eigenvalue weighted by molar-refractivity contribution is 1.19. The molecule has 84 valence electrons. The second-order valence-electron chi connectivity index (χ2n) is 3.20. The lowest BCUT2D eigenvalue weighted by atomic mass is 10.2. The van der Waals surface area contributed by atoms with Gasteiger partial charge >= 0.3 is 0 Å². The molecule has 1 heterocycles. The number of aromatic nitrogens is 1. The van der Waals surface area contributed by atoms with Gasteiger partial charge in [0.1, 0.15) is 0 Å². The number of rotatable bonds is 3. The van der Waals surface area contributed by atoms with E-state index in [1.54, 1.807) is 17.4 Å². The largest absolute Gasteiger partial charge is 0.362 e. The Morgan fingerprint density at radius 1 is 1.31 bits per heavy atom. The number of thiazole rings is 1. The van der Waals surface area contributed by atoms with Crippen LogP contribution >= 0.6 is 34.5 Å². The van der Waals surface area contributed by atoms with E-state index in [-0.39, 0.29) is 0 Å². The maximum Gasteiger partial charge on any atom is 0.183 e. The van der Waals surface area contributed by atoms with Gasteiger partial charge in [0.25, 0.3) is 0 Å². The molecular weight excluding hydrogens is 263 g/mol. The van der Waals surface area contributed by atoms with E-state index in [0.717, 1.165) is 22.9 Å². The van der Waals surface area contributed by atoms with E-state index in [2.05, 4.69) is 10.3 Å². The Labute approximate surface area is 108 Å². The van der Waals surface area contributed by atoms with Crippen molar-refractivity contribution in [1.29, 1.82) is 0 Å². The van der Waals surface area contributed by atoms with Gasteiger partial charge in [-0.2, -0.15) is 0 Å². The van der Waals surface area contributed by atoms with Gasteiger partial charge in [0, 0.05) is 17.5 Å². The van der Waals surface area contributed by atoms with Crippen molar-refractivity contribution < 1.29 is 0 Å². The smallest absolute Gasteiger partial charge is 0.183 e. The zero-order valence-corrected chi connectivity index (χ0v) is 11.0. The van der Waals surface area contributed by atoms with Gasteiger partial charge in [-0.3, -0.25) is 0 Å². The molecular formula is C11H10Cl2N2S. The molecule has 0 unspecified atom stereocenters. The molecule has 1 aromatic heterocycles. The first-order valence-electron chi connectivity index (χ1n) is 4.85. The summed E-state index contributed by atoms with van der Waals surface area (Å²) in [5, 5.41) is 7.21. The molecule has 0 atom stereocenters. The van der Waals surface area contributed by atoms with Crippen molar-refractivity contribution in [1.82, 2.24) is 4.98 Å². The summed E-state index contributed by atoms with van der Waals surface area (Å²) < 4.78 is 0. The molecule has 0 saturated carbocycles. The lowest BCUT2D eigenvalue weighted by Crippen LogP contribution is -1.94. The fourth-order valence-electron chi connectivity index (χ4n) is 1.29. The van der Waals surface area contributed by atoms with E-state index in [4.69, 9.17) is 23.2 Å². The molecule has 1 N–H and O–H groups in total. The second kappa shape index (κ2) is 5.04.